The average Bonchev–Trinajstić information content (AvgIpc) is 3.33. The van der Waals surface area contributed by atoms with Crippen molar-refractivity contribution in [3.63, 3.8) is 0 Å². The summed E-state index contributed by atoms with van der Waals surface area (Å²) in [5.74, 6) is 7.19. The van der Waals surface area contributed by atoms with E-state index in [2.05, 4.69) is 15.7 Å². The maximum Gasteiger partial charge on any atom is 0.374 e. The highest BCUT2D eigenvalue weighted by molar-refractivity contribution is 6.33. The number of carboxylic acid groups (broad SMARTS) is 1. The van der Waals surface area contributed by atoms with Gasteiger partial charge in [-0.3, -0.25) is 15.6 Å². The topological polar surface area (TPSA) is 230 Å². The molecule has 0 unspecified atom stereocenters. The molecule has 1 atom stereocenters. The van der Waals surface area contributed by atoms with Gasteiger partial charge in [-0.2, -0.15) is 5.53 Å². The number of nitrogens with zero attached hydrogens (tertiary/aromatic N) is 2. The summed E-state index contributed by atoms with van der Waals surface area (Å²) in [7, 11) is 0. The van der Waals surface area contributed by atoms with Crippen molar-refractivity contribution in [2.75, 3.05) is 13.2 Å². The molecule has 1 aromatic rings. The van der Waals surface area contributed by atoms with E-state index in [1.54, 1.807) is 12.3 Å². The molecule has 182 valence electrons. The minimum absolute atomic E-state index is 0.211. The van der Waals surface area contributed by atoms with Crippen LogP contribution in [-0.4, -0.2) is 59.0 Å². The lowest BCUT2D eigenvalue weighted by molar-refractivity contribution is -0.153. The first-order chi connectivity index (χ1) is 15.7. The fraction of sp³-hybridized carbons (Fsp3) is 0.421. The average molecular weight is 467 g/mol. The number of esters is 1. The lowest BCUT2D eigenvalue weighted by atomic mass is 10.1. The second-order valence-electron chi connectivity index (χ2n) is 6.33. The molecule has 0 bridgehead atoms. The maximum atomic E-state index is 11.2. The van der Waals surface area contributed by atoms with E-state index < -0.39 is 35.8 Å². The van der Waals surface area contributed by atoms with Crippen LogP contribution in [0.25, 0.3) is 0 Å². The number of carbonyl (C=O) groups is 5. The first kappa shape index (κ1) is 29.1. The SMILES string of the molecule is CCOC(=O)C(=O)CCc1ccccc1.N=NC(=O)NN.NNC(=O)N1CCC[C@H]1C(=O)O. The van der Waals surface area contributed by atoms with E-state index in [9.17, 15) is 24.0 Å². The standard InChI is InChI=1S/C12H14O3.C6H11N3O3.CH4N4O/c1-2-15-12(14)11(13)9-8-10-6-4-3-5-7-10;7-8-6(12)9-3-1-2-4(9)5(10)11;2-4-1(6)5-3/h3-7H,2,8-9H2,1H3;4H,1-3,7H2,(H,8,12)(H,10,11);2H,3H2,(H,5,6)/t;4-;/m.0./s1. The third-order valence-electron chi connectivity index (χ3n) is 4.13. The largest absolute Gasteiger partial charge is 0.480 e. The van der Waals surface area contributed by atoms with Crippen LogP contribution in [0, 0.1) is 5.53 Å². The van der Waals surface area contributed by atoms with E-state index in [0.717, 1.165) is 5.56 Å². The smallest absolute Gasteiger partial charge is 0.374 e. The van der Waals surface area contributed by atoms with Gasteiger partial charge in [0, 0.05) is 13.0 Å². The number of carboxylic acids is 1. The zero-order valence-electron chi connectivity index (χ0n) is 18.2. The normalized spacial score (nSPS) is 13.8. The highest BCUT2D eigenvalue weighted by atomic mass is 16.5. The molecule has 2 rings (SSSR count). The first-order valence-corrected chi connectivity index (χ1v) is 9.83. The second-order valence-corrected chi connectivity index (χ2v) is 6.33. The number of benzene rings is 1. The van der Waals surface area contributed by atoms with Gasteiger partial charge in [0.15, 0.2) is 0 Å². The van der Waals surface area contributed by atoms with Crippen LogP contribution in [0.3, 0.4) is 0 Å². The third-order valence-corrected chi connectivity index (χ3v) is 4.13. The summed E-state index contributed by atoms with van der Waals surface area (Å²) < 4.78 is 4.60. The van der Waals surface area contributed by atoms with Crippen LogP contribution in [-0.2, 0) is 25.5 Å². The molecule has 14 heteroatoms. The number of likely N-dealkylation sites (tertiary alicyclic amines) is 1. The number of Topliss-reactive ketones (excluding diaryl/α,β-unsaturated/α-hetero) is 1. The molecule has 4 amide bonds. The minimum atomic E-state index is -0.976. The molecule has 14 nitrogen and oxygen atoms in total. The quantitative estimate of drug-likeness (QED) is 0.0851. The summed E-state index contributed by atoms with van der Waals surface area (Å²) >= 11 is 0. The molecular formula is C19H29N7O7. The Morgan fingerprint density at radius 3 is 2.27 bits per heavy atom. The Morgan fingerprint density at radius 2 is 1.82 bits per heavy atom. The maximum absolute atomic E-state index is 11.2. The molecule has 1 heterocycles. The number of hydrazine groups is 2. The Labute approximate surface area is 190 Å². The summed E-state index contributed by atoms with van der Waals surface area (Å²) in [6.07, 6.45) is 2.01. The number of nitrogens with two attached hydrogens (primary N) is 2. The van der Waals surface area contributed by atoms with Crippen molar-refractivity contribution in [3.8, 4) is 0 Å². The summed E-state index contributed by atoms with van der Waals surface area (Å²) in [4.78, 5) is 54.6. The highest BCUT2D eigenvalue weighted by Gasteiger charge is 2.33. The van der Waals surface area contributed by atoms with Gasteiger partial charge >= 0.3 is 24.0 Å². The Morgan fingerprint density at radius 1 is 1.18 bits per heavy atom. The molecular weight excluding hydrogens is 438 g/mol. The molecule has 33 heavy (non-hydrogen) atoms. The lowest BCUT2D eigenvalue weighted by Crippen LogP contribution is -2.48. The van der Waals surface area contributed by atoms with Gasteiger partial charge < -0.3 is 14.7 Å². The van der Waals surface area contributed by atoms with Crippen molar-refractivity contribution in [3.05, 3.63) is 35.9 Å². The molecule has 1 aliphatic heterocycles. The van der Waals surface area contributed by atoms with Gasteiger partial charge in [0.25, 0.3) is 0 Å². The molecule has 1 aromatic carbocycles. The number of rotatable bonds is 6. The molecule has 0 aliphatic carbocycles. The van der Waals surface area contributed by atoms with Crippen LogP contribution in [0.5, 0.6) is 0 Å². The van der Waals surface area contributed by atoms with Crippen LogP contribution in [0.4, 0.5) is 9.59 Å². The Kier molecular flexibility index (Phi) is 14.8. The number of aliphatic carboxylic acids is 1. The lowest BCUT2D eigenvalue weighted by Gasteiger charge is -2.19. The van der Waals surface area contributed by atoms with Crippen molar-refractivity contribution < 1.29 is 33.8 Å². The van der Waals surface area contributed by atoms with E-state index in [1.807, 2.05) is 35.8 Å². The molecule has 0 aromatic heterocycles. The van der Waals surface area contributed by atoms with E-state index in [1.165, 1.54) is 4.90 Å². The van der Waals surface area contributed by atoms with E-state index in [0.29, 0.717) is 25.8 Å². The van der Waals surface area contributed by atoms with Gasteiger partial charge in [-0.15, -0.1) is 0 Å². The van der Waals surface area contributed by atoms with E-state index >= 15 is 0 Å². The van der Waals surface area contributed by atoms with Crippen LogP contribution < -0.4 is 22.5 Å². The van der Waals surface area contributed by atoms with Crippen LogP contribution in [0.15, 0.2) is 35.4 Å². The zero-order chi connectivity index (χ0) is 25.2. The number of ketones is 1. The summed E-state index contributed by atoms with van der Waals surface area (Å²) in [6.45, 7) is 2.39. The van der Waals surface area contributed by atoms with Gasteiger partial charge in [0.05, 0.1) is 6.61 Å². The number of hydrogen-bond donors (Lipinski definition) is 6. The molecule has 0 spiro atoms. The number of amides is 4. The number of carbonyl (C=O) groups excluding carboxylic acids is 4. The van der Waals surface area contributed by atoms with Crippen LogP contribution in [0.2, 0.25) is 0 Å². The van der Waals surface area contributed by atoms with E-state index in [-0.39, 0.29) is 13.0 Å². The molecule has 1 saturated heterocycles. The highest BCUT2D eigenvalue weighted by Crippen LogP contribution is 2.16. The van der Waals surface area contributed by atoms with Crippen LogP contribution >= 0.6 is 0 Å². The van der Waals surface area contributed by atoms with Gasteiger partial charge in [0.2, 0.25) is 5.78 Å². The fourth-order valence-electron chi connectivity index (χ4n) is 2.60. The van der Waals surface area contributed by atoms with Crippen molar-refractivity contribution >= 4 is 29.8 Å². The number of ether oxygens (including phenoxy) is 1. The van der Waals surface area contributed by atoms with Gasteiger partial charge in [-0.1, -0.05) is 35.4 Å². The predicted octanol–water partition coefficient (Wildman–Crippen LogP) is 0.471. The van der Waals surface area contributed by atoms with Crippen molar-refractivity contribution in [1.29, 1.82) is 5.53 Å². The summed E-state index contributed by atoms with van der Waals surface area (Å²) in [5, 5.41) is 11.0. The Bertz CT molecular complexity index is 805. The van der Waals surface area contributed by atoms with Gasteiger partial charge in [-0.25, -0.2) is 30.9 Å². The molecule has 0 radical (unpaired) electrons. The third kappa shape index (κ3) is 11.9. The number of aryl methyl sites for hydroxylation is 1. The number of urea groups is 2. The minimum Gasteiger partial charge on any atom is -0.480 e. The van der Waals surface area contributed by atoms with Crippen LogP contribution in [0.1, 0.15) is 31.7 Å². The monoisotopic (exact) mass is 467 g/mol. The van der Waals surface area contributed by atoms with E-state index in [4.69, 9.17) is 16.5 Å². The fourth-order valence-corrected chi connectivity index (χ4v) is 2.60. The Hall–Kier alpha value is -3.91. The zero-order valence-corrected chi connectivity index (χ0v) is 18.2. The molecule has 1 fully saturated rings. The van der Waals surface area contributed by atoms with Crippen molar-refractivity contribution in [2.24, 2.45) is 16.8 Å². The van der Waals surface area contributed by atoms with Gasteiger partial charge in [-0.05, 0) is 31.7 Å². The molecule has 1 aliphatic rings. The van der Waals surface area contributed by atoms with Gasteiger partial charge in [0.1, 0.15) is 6.04 Å². The number of hydrogen-bond acceptors (Lipinski definition) is 9. The first-order valence-electron chi connectivity index (χ1n) is 9.83. The van der Waals surface area contributed by atoms with Crippen molar-refractivity contribution in [2.45, 2.75) is 38.6 Å². The second kappa shape index (κ2) is 16.7. The van der Waals surface area contributed by atoms with Crippen molar-refractivity contribution in [1.82, 2.24) is 15.8 Å². The molecule has 0 saturated carbocycles. The Balaban J connectivity index is 0.000000509. The summed E-state index contributed by atoms with van der Waals surface area (Å²) in [5.41, 5.74) is 10.5. The number of nitrogens with one attached hydrogen (secondary N) is 3. The molecule has 8 N–H and O–H groups in total. The predicted molar refractivity (Wildman–Crippen MR) is 114 cm³/mol. The summed E-state index contributed by atoms with van der Waals surface area (Å²) in [6, 6.07) is 7.51.